The van der Waals surface area contributed by atoms with E-state index >= 15 is 0 Å². The van der Waals surface area contributed by atoms with Crippen LogP contribution >= 0.6 is 0 Å². The Morgan fingerprint density at radius 3 is 2.52 bits per heavy atom. The molecule has 0 atom stereocenters. The van der Waals surface area contributed by atoms with E-state index in [-0.39, 0.29) is 22.8 Å². The number of carbonyl (C=O) groups excluding carboxylic acids is 1. The van der Waals surface area contributed by atoms with Crippen LogP contribution in [0.1, 0.15) is 15.9 Å². The Balaban J connectivity index is 1.95. The van der Waals surface area contributed by atoms with E-state index in [4.69, 9.17) is 0 Å². The maximum atomic E-state index is 12.1. The number of rotatable bonds is 3. The molecule has 0 aliphatic heterocycles. The molecule has 0 spiro atoms. The lowest BCUT2D eigenvalue weighted by atomic mass is 10.1. The smallest absolute Gasteiger partial charge is 0.295 e. The van der Waals surface area contributed by atoms with Crippen molar-refractivity contribution in [2.24, 2.45) is 17.3 Å². The highest BCUT2D eigenvalue weighted by molar-refractivity contribution is 5.97. The first kappa shape index (κ1) is 16.3. The molecule has 8 nitrogen and oxygen atoms in total. The van der Waals surface area contributed by atoms with Crippen molar-refractivity contribution in [3.63, 3.8) is 0 Å². The van der Waals surface area contributed by atoms with Gasteiger partial charge >= 0.3 is 0 Å². The molecule has 3 rings (SSSR count). The summed E-state index contributed by atoms with van der Waals surface area (Å²) in [5, 5.41) is 29.1. The fourth-order valence-electron chi connectivity index (χ4n) is 2.50. The van der Waals surface area contributed by atoms with Gasteiger partial charge in [-0.05, 0) is 31.2 Å². The second kappa shape index (κ2) is 6.16. The summed E-state index contributed by atoms with van der Waals surface area (Å²) >= 11 is 0. The van der Waals surface area contributed by atoms with Crippen LogP contribution in [0.25, 0.3) is 10.9 Å². The van der Waals surface area contributed by atoms with Crippen LogP contribution < -0.4 is 0 Å². The standard InChI is InChI=1S/C17H14N4O4/c1-10-3-8-14-13(9-10)15(17(23)20(14)2)18-19-16(22)11-4-6-12(7-5-11)21(24)25/h3-9,23H,1-2H3. The van der Waals surface area contributed by atoms with Crippen LogP contribution in [0, 0.1) is 17.0 Å². The van der Waals surface area contributed by atoms with Crippen molar-refractivity contribution in [1.82, 2.24) is 4.57 Å². The summed E-state index contributed by atoms with van der Waals surface area (Å²) in [5.41, 5.74) is 2.01. The van der Waals surface area contributed by atoms with Crippen molar-refractivity contribution in [2.75, 3.05) is 0 Å². The number of nitro groups is 1. The first-order valence-electron chi connectivity index (χ1n) is 7.37. The van der Waals surface area contributed by atoms with E-state index in [0.717, 1.165) is 11.1 Å². The first-order chi connectivity index (χ1) is 11.9. The molecule has 0 saturated carbocycles. The molecular formula is C17H14N4O4. The molecule has 2 aromatic carbocycles. The summed E-state index contributed by atoms with van der Waals surface area (Å²) in [6.45, 7) is 1.91. The Labute approximate surface area is 142 Å². The van der Waals surface area contributed by atoms with E-state index in [9.17, 15) is 20.0 Å². The Morgan fingerprint density at radius 1 is 1.20 bits per heavy atom. The third kappa shape index (κ3) is 2.97. The topological polar surface area (TPSA) is 110 Å². The largest absolute Gasteiger partial charge is 0.493 e. The van der Waals surface area contributed by atoms with Crippen molar-refractivity contribution >= 4 is 28.2 Å². The number of non-ortho nitro benzene ring substituents is 1. The summed E-state index contributed by atoms with van der Waals surface area (Å²) in [6.07, 6.45) is 0. The van der Waals surface area contributed by atoms with Gasteiger partial charge in [0.25, 0.3) is 11.6 Å². The first-order valence-corrected chi connectivity index (χ1v) is 7.37. The highest BCUT2D eigenvalue weighted by Gasteiger charge is 2.15. The quantitative estimate of drug-likeness (QED) is 0.441. The molecule has 0 saturated heterocycles. The Bertz CT molecular complexity index is 1020. The molecule has 1 aromatic heterocycles. The molecule has 25 heavy (non-hydrogen) atoms. The average molecular weight is 338 g/mol. The molecular weight excluding hydrogens is 324 g/mol. The predicted molar refractivity (Wildman–Crippen MR) is 91.3 cm³/mol. The zero-order valence-corrected chi connectivity index (χ0v) is 13.5. The summed E-state index contributed by atoms with van der Waals surface area (Å²) in [6, 6.07) is 10.7. The van der Waals surface area contributed by atoms with E-state index in [1.54, 1.807) is 11.6 Å². The number of aromatic nitrogens is 1. The van der Waals surface area contributed by atoms with Crippen LogP contribution in [-0.4, -0.2) is 20.5 Å². The molecule has 1 amide bonds. The fraction of sp³-hybridized carbons (Fsp3) is 0.118. The van der Waals surface area contributed by atoms with Gasteiger partial charge in [-0.1, -0.05) is 11.6 Å². The van der Waals surface area contributed by atoms with E-state index in [1.807, 2.05) is 25.1 Å². The van der Waals surface area contributed by atoms with Crippen LogP contribution in [-0.2, 0) is 7.05 Å². The third-order valence-electron chi connectivity index (χ3n) is 3.86. The molecule has 0 aliphatic carbocycles. The SMILES string of the molecule is Cc1ccc2c(c1)c(N=NC(=O)c1ccc([N+](=O)[O-])cc1)c(O)n2C. The molecule has 1 N–H and O–H groups in total. The second-order valence-electron chi connectivity index (χ2n) is 5.56. The van der Waals surface area contributed by atoms with Gasteiger partial charge in [-0.15, -0.1) is 10.2 Å². The van der Waals surface area contributed by atoms with E-state index < -0.39 is 10.8 Å². The van der Waals surface area contributed by atoms with Gasteiger partial charge < -0.3 is 9.67 Å². The van der Waals surface area contributed by atoms with Crippen LogP contribution in [0.4, 0.5) is 11.4 Å². The average Bonchev–Trinajstić information content (AvgIpc) is 2.83. The molecule has 0 radical (unpaired) electrons. The number of fused-ring (bicyclic) bond motifs is 1. The summed E-state index contributed by atoms with van der Waals surface area (Å²) < 4.78 is 1.56. The van der Waals surface area contributed by atoms with Crippen molar-refractivity contribution in [1.29, 1.82) is 0 Å². The van der Waals surface area contributed by atoms with Gasteiger partial charge in [0.2, 0.25) is 5.88 Å². The van der Waals surface area contributed by atoms with Crippen molar-refractivity contribution < 1.29 is 14.8 Å². The van der Waals surface area contributed by atoms with Gasteiger partial charge in [0, 0.05) is 30.1 Å². The highest BCUT2D eigenvalue weighted by Crippen LogP contribution is 2.38. The lowest BCUT2D eigenvalue weighted by Gasteiger charge is -1.96. The number of benzene rings is 2. The van der Waals surface area contributed by atoms with Crippen molar-refractivity contribution in [3.05, 3.63) is 63.7 Å². The van der Waals surface area contributed by atoms with E-state index in [0.29, 0.717) is 5.39 Å². The normalized spacial score (nSPS) is 11.3. The number of hydrogen-bond donors (Lipinski definition) is 1. The van der Waals surface area contributed by atoms with Gasteiger partial charge in [0.1, 0.15) is 0 Å². The zero-order valence-electron chi connectivity index (χ0n) is 13.5. The van der Waals surface area contributed by atoms with Gasteiger partial charge in [-0.25, -0.2) is 0 Å². The lowest BCUT2D eigenvalue weighted by Crippen LogP contribution is -1.94. The number of amides is 1. The van der Waals surface area contributed by atoms with Crippen LogP contribution in [0.5, 0.6) is 5.88 Å². The number of azo groups is 1. The maximum Gasteiger partial charge on any atom is 0.295 e. The number of nitro benzene ring substituents is 1. The minimum Gasteiger partial charge on any atom is -0.493 e. The molecule has 1 heterocycles. The Kier molecular flexibility index (Phi) is 4.02. The molecule has 0 bridgehead atoms. The van der Waals surface area contributed by atoms with Crippen molar-refractivity contribution in [2.45, 2.75) is 6.92 Å². The third-order valence-corrected chi connectivity index (χ3v) is 3.86. The van der Waals surface area contributed by atoms with Crippen molar-refractivity contribution in [3.8, 4) is 5.88 Å². The lowest BCUT2D eigenvalue weighted by molar-refractivity contribution is -0.384. The molecule has 8 heteroatoms. The van der Waals surface area contributed by atoms with Crippen LogP contribution in [0.15, 0.2) is 52.7 Å². The van der Waals surface area contributed by atoms with Gasteiger partial charge in [-0.2, -0.15) is 0 Å². The Hall–Kier alpha value is -3.55. The highest BCUT2D eigenvalue weighted by atomic mass is 16.6. The minimum atomic E-state index is -0.654. The molecule has 3 aromatic rings. The molecule has 0 aliphatic rings. The van der Waals surface area contributed by atoms with Crippen LogP contribution in [0.2, 0.25) is 0 Å². The van der Waals surface area contributed by atoms with Crippen LogP contribution in [0.3, 0.4) is 0 Å². The van der Waals surface area contributed by atoms with E-state index in [1.165, 1.54) is 24.3 Å². The second-order valence-corrected chi connectivity index (χ2v) is 5.56. The molecule has 0 unspecified atom stereocenters. The number of aromatic hydroxyl groups is 1. The predicted octanol–water partition coefficient (Wildman–Crippen LogP) is 4.02. The monoisotopic (exact) mass is 338 g/mol. The maximum absolute atomic E-state index is 12.1. The summed E-state index contributed by atoms with van der Waals surface area (Å²) in [7, 11) is 1.68. The summed E-state index contributed by atoms with van der Waals surface area (Å²) in [5.74, 6) is -0.750. The molecule has 126 valence electrons. The van der Waals surface area contributed by atoms with Gasteiger partial charge in [0.15, 0.2) is 5.69 Å². The minimum absolute atomic E-state index is 0.0964. The van der Waals surface area contributed by atoms with Gasteiger partial charge in [0.05, 0.1) is 10.4 Å². The number of nitrogens with zero attached hydrogens (tertiary/aromatic N) is 4. The summed E-state index contributed by atoms with van der Waals surface area (Å²) in [4.78, 5) is 22.2. The fourth-order valence-corrected chi connectivity index (χ4v) is 2.50. The zero-order chi connectivity index (χ0) is 18.1. The number of hydrogen-bond acceptors (Lipinski definition) is 5. The number of aryl methyl sites for hydroxylation is 2. The number of carbonyl (C=O) groups is 1. The molecule has 0 fully saturated rings. The van der Waals surface area contributed by atoms with Gasteiger partial charge in [-0.3, -0.25) is 14.9 Å². The van der Waals surface area contributed by atoms with E-state index in [2.05, 4.69) is 10.2 Å². The Morgan fingerprint density at radius 2 is 1.88 bits per heavy atom.